The van der Waals surface area contributed by atoms with Crippen LogP contribution >= 0.6 is 0 Å². The maximum absolute atomic E-state index is 12.1. The quantitative estimate of drug-likeness (QED) is 0.853. The van der Waals surface area contributed by atoms with Gasteiger partial charge in [0.05, 0.1) is 5.69 Å². The van der Waals surface area contributed by atoms with Crippen molar-refractivity contribution in [1.82, 2.24) is 19.9 Å². The fraction of sp³-hybridized carbons (Fsp3) is 0.231. The average molecular weight is 255 g/mol. The van der Waals surface area contributed by atoms with E-state index >= 15 is 0 Å². The number of pyridine rings is 1. The van der Waals surface area contributed by atoms with Crippen LogP contribution in [-0.2, 0) is 0 Å². The Bertz CT molecular complexity index is 595. The zero-order valence-corrected chi connectivity index (χ0v) is 10.2. The highest BCUT2D eigenvalue weighted by molar-refractivity contribution is 5.94. The lowest BCUT2D eigenvalue weighted by atomic mass is 9.95. The van der Waals surface area contributed by atoms with Gasteiger partial charge >= 0.3 is 0 Å². The number of nitrogens with two attached hydrogens (primary N) is 1. The molecule has 1 saturated heterocycles. The minimum Gasteiger partial charge on any atom is -0.368 e. The second-order valence-corrected chi connectivity index (χ2v) is 4.48. The first kappa shape index (κ1) is 11.6. The lowest BCUT2D eigenvalue weighted by Crippen LogP contribution is -2.48. The summed E-state index contributed by atoms with van der Waals surface area (Å²) < 4.78 is 0. The van der Waals surface area contributed by atoms with Crippen molar-refractivity contribution in [3.63, 3.8) is 0 Å². The highest BCUT2D eigenvalue weighted by Crippen LogP contribution is 2.26. The Morgan fingerprint density at radius 3 is 2.63 bits per heavy atom. The smallest absolute Gasteiger partial charge is 0.254 e. The van der Waals surface area contributed by atoms with Crippen LogP contribution in [0.3, 0.4) is 0 Å². The Hall–Kier alpha value is -2.50. The third-order valence-corrected chi connectivity index (χ3v) is 3.21. The van der Waals surface area contributed by atoms with Crippen LogP contribution < -0.4 is 5.73 Å². The largest absolute Gasteiger partial charge is 0.368 e. The predicted molar refractivity (Wildman–Crippen MR) is 69.3 cm³/mol. The summed E-state index contributed by atoms with van der Waals surface area (Å²) in [7, 11) is 0. The first-order valence-corrected chi connectivity index (χ1v) is 6.02. The van der Waals surface area contributed by atoms with Crippen LogP contribution in [0.15, 0.2) is 36.8 Å². The molecule has 0 atom stereocenters. The SMILES string of the molecule is Nc1nccc(C2CN(C(=O)c3ccncc3)C2)n1. The van der Waals surface area contributed by atoms with E-state index in [0.29, 0.717) is 18.7 Å². The molecule has 1 aliphatic heterocycles. The van der Waals surface area contributed by atoms with Gasteiger partial charge in [0, 0.05) is 43.2 Å². The van der Waals surface area contributed by atoms with Crippen LogP contribution in [0.5, 0.6) is 0 Å². The summed E-state index contributed by atoms with van der Waals surface area (Å²) >= 11 is 0. The van der Waals surface area contributed by atoms with Crippen molar-refractivity contribution in [3.8, 4) is 0 Å². The second kappa shape index (κ2) is 4.64. The molecule has 1 amide bonds. The summed E-state index contributed by atoms with van der Waals surface area (Å²) in [5.41, 5.74) is 7.11. The Labute approximate surface area is 110 Å². The van der Waals surface area contributed by atoms with Crippen molar-refractivity contribution < 1.29 is 4.79 Å². The highest BCUT2D eigenvalue weighted by atomic mass is 16.2. The number of aromatic nitrogens is 3. The number of hydrogen-bond donors (Lipinski definition) is 1. The van der Waals surface area contributed by atoms with Gasteiger partial charge in [-0.1, -0.05) is 0 Å². The molecule has 1 aliphatic rings. The summed E-state index contributed by atoms with van der Waals surface area (Å²) in [5, 5.41) is 0. The Morgan fingerprint density at radius 2 is 1.95 bits per heavy atom. The zero-order valence-electron chi connectivity index (χ0n) is 10.2. The molecular weight excluding hydrogens is 242 g/mol. The molecule has 0 spiro atoms. The molecule has 0 aromatic carbocycles. The van der Waals surface area contributed by atoms with Crippen LogP contribution in [0.4, 0.5) is 5.95 Å². The van der Waals surface area contributed by atoms with Crippen LogP contribution in [0.1, 0.15) is 22.0 Å². The fourth-order valence-corrected chi connectivity index (χ4v) is 2.12. The molecule has 2 aromatic rings. The fourth-order valence-electron chi connectivity index (χ4n) is 2.12. The van der Waals surface area contributed by atoms with Gasteiger partial charge < -0.3 is 10.6 Å². The van der Waals surface area contributed by atoms with Gasteiger partial charge in [-0.15, -0.1) is 0 Å². The van der Waals surface area contributed by atoms with Gasteiger partial charge in [-0.05, 0) is 18.2 Å². The molecule has 2 N–H and O–H groups in total. The first-order valence-electron chi connectivity index (χ1n) is 6.02. The summed E-state index contributed by atoms with van der Waals surface area (Å²) in [4.78, 5) is 25.8. The van der Waals surface area contributed by atoms with Gasteiger partial charge in [0.25, 0.3) is 5.91 Å². The number of anilines is 1. The van der Waals surface area contributed by atoms with Gasteiger partial charge in [-0.2, -0.15) is 0 Å². The molecule has 96 valence electrons. The number of carbonyl (C=O) groups excluding carboxylic acids is 1. The van der Waals surface area contributed by atoms with Crippen LogP contribution in [0.25, 0.3) is 0 Å². The van der Waals surface area contributed by atoms with Gasteiger partial charge in [0.15, 0.2) is 0 Å². The molecule has 0 saturated carbocycles. The number of hydrogen-bond acceptors (Lipinski definition) is 5. The lowest BCUT2D eigenvalue weighted by Gasteiger charge is -2.38. The maximum Gasteiger partial charge on any atom is 0.254 e. The third-order valence-electron chi connectivity index (χ3n) is 3.21. The molecule has 2 aromatic heterocycles. The van der Waals surface area contributed by atoms with E-state index in [1.165, 1.54) is 0 Å². The van der Waals surface area contributed by atoms with Crippen molar-refractivity contribution in [2.45, 2.75) is 5.92 Å². The summed E-state index contributed by atoms with van der Waals surface area (Å²) in [6.07, 6.45) is 4.89. The molecule has 6 heteroatoms. The van der Waals surface area contributed by atoms with Crippen LogP contribution in [-0.4, -0.2) is 38.8 Å². The van der Waals surface area contributed by atoms with E-state index in [9.17, 15) is 4.79 Å². The van der Waals surface area contributed by atoms with E-state index in [2.05, 4.69) is 15.0 Å². The number of carbonyl (C=O) groups is 1. The summed E-state index contributed by atoms with van der Waals surface area (Å²) in [6.45, 7) is 1.33. The van der Waals surface area contributed by atoms with E-state index in [1.807, 2.05) is 6.07 Å². The van der Waals surface area contributed by atoms with Gasteiger partial charge in [-0.3, -0.25) is 9.78 Å². The topological polar surface area (TPSA) is 85.0 Å². The van der Waals surface area contributed by atoms with E-state index in [4.69, 9.17) is 5.73 Å². The molecule has 1 fully saturated rings. The van der Waals surface area contributed by atoms with E-state index < -0.39 is 0 Å². The highest BCUT2D eigenvalue weighted by Gasteiger charge is 2.33. The lowest BCUT2D eigenvalue weighted by molar-refractivity contribution is 0.0598. The van der Waals surface area contributed by atoms with Crippen molar-refractivity contribution in [2.24, 2.45) is 0 Å². The number of likely N-dealkylation sites (tertiary alicyclic amines) is 1. The van der Waals surface area contributed by atoms with Crippen molar-refractivity contribution in [1.29, 1.82) is 0 Å². The Kier molecular flexibility index (Phi) is 2.83. The predicted octanol–water partition coefficient (Wildman–Crippen LogP) is 0.693. The minimum atomic E-state index is 0.0284. The Morgan fingerprint density at radius 1 is 1.21 bits per heavy atom. The van der Waals surface area contributed by atoms with Gasteiger partial charge in [-0.25, -0.2) is 9.97 Å². The molecule has 19 heavy (non-hydrogen) atoms. The van der Waals surface area contributed by atoms with Crippen molar-refractivity contribution in [2.75, 3.05) is 18.8 Å². The molecule has 0 bridgehead atoms. The second-order valence-electron chi connectivity index (χ2n) is 4.48. The standard InChI is InChI=1S/C13H13N5O/c14-13-16-6-3-11(17-13)10-7-18(8-10)12(19)9-1-4-15-5-2-9/h1-6,10H,7-8H2,(H2,14,16,17). The number of rotatable bonds is 2. The Balaban J connectivity index is 1.66. The molecule has 3 heterocycles. The van der Waals surface area contributed by atoms with E-state index in [-0.39, 0.29) is 17.8 Å². The molecule has 0 unspecified atom stereocenters. The van der Waals surface area contributed by atoms with Gasteiger partial charge in [0.1, 0.15) is 0 Å². The molecular formula is C13H13N5O. The monoisotopic (exact) mass is 255 g/mol. The van der Waals surface area contributed by atoms with Crippen molar-refractivity contribution >= 4 is 11.9 Å². The van der Waals surface area contributed by atoms with Gasteiger partial charge in [0.2, 0.25) is 5.95 Å². The maximum atomic E-state index is 12.1. The number of nitrogens with zero attached hydrogens (tertiary/aromatic N) is 4. The van der Waals surface area contributed by atoms with Crippen LogP contribution in [0, 0.1) is 0 Å². The van der Waals surface area contributed by atoms with E-state index in [0.717, 1.165) is 5.69 Å². The number of nitrogen functional groups attached to an aromatic ring is 1. The van der Waals surface area contributed by atoms with Crippen molar-refractivity contribution in [3.05, 3.63) is 48.0 Å². The molecule has 3 rings (SSSR count). The molecule has 0 aliphatic carbocycles. The zero-order chi connectivity index (χ0) is 13.2. The summed E-state index contributed by atoms with van der Waals surface area (Å²) in [5.74, 6) is 0.549. The third kappa shape index (κ3) is 2.24. The number of amides is 1. The first-order chi connectivity index (χ1) is 9.24. The average Bonchev–Trinajstić information content (AvgIpc) is 2.38. The minimum absolute atomic E-state index is 0.0284. The molecule has 6 nitrogen and oxygen atoms in total. The summed E-state index contributed by atoms with van der Waals surface area (Å²) in [6, 6.07) is 5.28. The molecule has 0 radical (unpaired) electrons. The van der Waals surface area contributed by atoms with Crippen LogP contribution in [0.2, 0.25) is 0 Å². The normalized spacial score (nSPS) is 15.1. The van der Waals surface area contributed by atoms with E-state index in [1.54, 1.807) is 35.6 Å².